The zero-order chi connectivity index (χ0) is 16.8. The third-order valence-corrected chi connectivity index (χ3v) is 3.89. The van der Waals surface area contributed by atoms with E-state index in [9.17, 15) is 4.79 Å². The number of carbonyl (C=O) groups excluding carboxylic acids is 1. The summed E-state index contributed by atoms with van der Waals surface area (Å²) < 4.78 is 12.0. The van der Waals surface area contributed by atoms with Gasteiger partial charge in [-0.25, -0.2) is 4.79 Å². The Bertz CT molecular complexity index is 663. The Hall–Kier alpha value is -1.81. The predicted molar refractivity (Wildman–Crippen MR) is 95.2 cm³/mol. The SMILES string of the molecule is Cc1cc(Br)ccc1OC(=O)c1ccc(OCCC(C)C)cc1. The van der Waals surface area contributed by atoms with Crippen molar-refractivity contribution in [2.75, 3.05) is 6.61 Å². The Labute approximate surface area is 145 Å². The molecule has 0 bridgehead atoms. The standard InChI is InChI=1S/C19H21BrO3/c1-13(2)10-11-22-17-7-4-15(5-8-17)19(21)23-18-9-6-16(20)12-14(18)3/h4-9,12-13H,10-11H2,1-3H3. The van der Waals surface area contributed by atoms with Crippen molar-refractivity contribution in [2.24, 2.45) is 5.92 Å². The molecule has 0 atom stereocenters. The average Bonchev–Trinajstić information content (AvgIpc) is 2.50. The highest BCUT2D eigenvalue weighted by Crippen LogP contribution is 2.23. The van der Waals surface area contributed by atoms with E-state index in [1.165, 1.54) is 0 Å². The number of rotatable bonds is 6. The van der Waals surface area contributed by atoms with Crippen LogP contribution in [-0.2, 0) is 0 Å². The summed E-state index contributed by atoms with van der Waals surface area (Å²) in [7, 11) is 0. The molecule has 122 valence electrons. The summed E-state index contributed by atoms with van der Waals surface area (Å²) in [6.07, 6.45) is 1.01. The van der Waals surface area contributed by atoms with Crippen LogP contribution in [0, 0.1) is 12.8 Å². The van der Waals surface area contributed by atoms with E-state index in [1.807, 2.05) is 19.1 Å². The summed E-state index contributed by atoms with van der Waals surface area (Å²) >= 11 is 3.39. The maximum Gasteiger partial charge on any atom is 0.343 e. The third-order valence-electron chi connectivity index (χ3n) is 3.39. The van der Waals surface area contributed by atoms with Gasteiger partial charge in [-0.3, -0.25) is 0 Å². The lowest BCUT2D eigenvalue weighted by Gasteiger charge is -2.10. The summed E-state index contributed by atoms with van der Waals surface area (Å²) in [6, 6.07) is 12.6. The monoisotopic (exact) mass is 376 g/mol. The topological polar surface area (TPSA) is 35.5 Å². The zero-order valence-corrected chi connectivity index (χ0v) is 15.2. The molecule has 0 aliphatic carbocycles. The van der Waals surface area contributed by atoms with Crippen molar-refractivity contribution >= 4 is 21.9 Å². The lowest BCUT2D eigenvalue weighted by molar-refractivity contribution is 0.0733. The van der Waals surface area contributed by atoms with Gasteiger partial charge in [-0.1, -0.05) is 29.8 Å². The highest BCUT2D eigenvalue weighted by Gasteiger charge is 2.10. The lowest BCUT2D eigenvalue weighted by atomic mass is 10.1. The van der Waals surface area contributed by atoms with Crippen LogP contribution in [0.3, 0.4) is 0 Å². The van der Waals surface area contributed by atoms with Crippen LogP contribution in [0.5, 0.6) is 11.5 Å². The predicted octanol–water partition coefficient (Wildman–Crippen LogP) is 5.40. The number of hydrogen-bond donors (Lipinski definition) is 0. The molecule has 2 aromatic carbocycles. The minimum absolute atomic E-state index is 0.371. The number of hydrogen-bond acceptors (Lipinski definition) is 3. The first-order valence-electron chi connectivity index (χ1n) is 7.67. The van der Waals surface area contributed by atoms with Crippen molar-refractivity contribution in [3.8, 4) is 11.5 Å². The van der Waals surface area contributed by atoms with Gasteiger partial charge in [0, 0.05) is 4.47 Å². The number of ether oxygens (including phenoxy) is 2. The molecule has 0 fully saturated rings. The number of halogens is 1. The minimum atomic E-state index is -0.371. The first-order chi connectivity index (χ1) is 11.0. The Balaban J connectivity index is 1.97. The fourth-order valence-electron chi connectivity index (χ4n) is 1.99. The molecule has 2 rings (SSSR count). The maximum absolute atomic E-state index is 12.2. The van der Waals surface area contributed by atoms with E-state index in [2.05, 4.69) is 29.8 Å². The van der Waals surface area contributed by atoms with Gasteiger partial charge in [-0.15, -0.1) is 0 Å². The summed E-state index contributed by atoms with van der Waals surface area (Å²) in [4.78, 5) is 12.2. The summed E-state index contributed by atoms with van der Waals surface area (Å²) in [5.74, 6) is 1.57. The van der Waals surface area contributed by atoms with E-state index in [1.54, 1.807) is 30.3 Å². The smallest absolute Gasteiger partial charge is 0.343 e. The molecule has 0 heterocycles. The van der Waals surface area contributed by atoms with E-state index in [0.717, 1.165) is 22.2 Å². The van der Waals surface area contributed by atoms with E-state index in [4.69, 9.17) is 9.47 Å². The largest absolute Gasteiger partial charge is 0.494 e. The summed E-state index contributed by atoms with van der Waals surface area (Å²) in [5, 5.41) is 0. The first kappa shape index (κ1) is 17.5. The normalized spacial score (nSPS) is 10.7. The molecule has 2 aromatic rings. The Morgan fingerprint density at radius 2 is 1.83 bits per heavy atom. The highest BCUT2D eigenvalue weighted by molar-refractivity contribution is 9.10. The van der Waals surface area contributed by atoms with Gasteiger partial charge in [-0.2, -0.15) is 0 Å². The van der Waals surface area contributed by atoms with Crippen LogP contribution >= 0.6 is 15.9 Å². The van der Waals surface area contributed by atoms with Gasteiger partial charge in [-0.05, 0) is 67.3 Å². The molecule has 23 heavy (non-hydrogen) atoms. The van der Waals surface area contributed by atoms with Gasteiger partial charge in [0.05, 0.1) is 12.2 Å². The van der Waals surface area contributed by atoms with Crippen molar-refractivity contribution in [3.05, 3.63) is 58.1 Å². The lowest BCUT2D eigenvalue weighted by Crippen LogP contribution is -2.09. The second-order valence-corrected chi connectivity index (χ2v) is 6.77. The molecule has 0 aromatic heterocycles. The van der Waals surface area contributed by atoms with Crippen molar-refractivity contribution in [1.82, 2.24) is 0 Å². The molecule has 0 radical (unpaired) electrons. The van der Waals surface area contributed by atoms with Crippen LogP contribution in [-0.4, -0.2) is 12.6 Å². The average molecular weight is 377 g/mol. The molecule has 0 unspecified atom stereocenters. The Kier molecular flexibility index (Phi) is 6.22. The van der Waals surface area contributed by atoms with Crippen molar-refractivity contribution in [1.29, 1.82) is 0 Å². The van der Waals surface area contributed by atoms with Gasteiger partial charge in [0.15, 0.2) is 0 Å². The van der Waals surface area contributed by atoms with E-state index in [-0.39, 0.29) is 5.97 Å². The molecule has 0 aliphatic rings. The molecule has 0 saturated carbocycles. The molecule has 0 aliphatic heterocycles. The van der Waals surface area contributed by atoms with Crippen LogP contribution in [0.1, 0.15) is 36.2 Å². The Morgan fingerprint density at radius 3 is 2.43 bits per heavy atom. The second kappa shape index (κ2) is 8.16. The van der Waals surface area contributed by atoms with Crippen LogP contribution in [0.4, 0.5) is 0 Å². The molecular formula is C19H21BrO3. The van der Waals surface area contributed by atoms with Crippen molar-refractivity contribution in [2.45, 2.75) is 27.2 Å². The van der Waals surface area contributed by atoms with Crippen LogP contribution in [0.2, 0.25) is 0 Å². The van der Waals surface area contributed by atoms with Gasteiger partial charge in [0.2, 0.25) is 0 Å². The molecule has 3 nitrogen and oxygen atoms in total. The summed E-state index contributed by atoms with van der Waals surface area (Å²) in [5.41, 5.74) is 1.41. The zero-order valence-electron chi connectivity index (χ0n) is 13.6. The fourth-order valence-corrected chi connectivity index (χ4v) is 2.46. The van der Waals surface area contributed by atoms with Gasteiger partial charge < -0.3 is 9.47 Å². The summed E-state index contributed by atoms with van der Waals surface area (Å²) in [6.45, 7) is 6.90. The molecule has 0 spiro atoms. The van der Waals surface area contributed by atoms with Gasteiger partial charge >= 0.3 is 5.97 Å². The van der Waals surface area contributed by atoms with Crippen LogP contribution < -0.4 is 9.47 Å². The minimum Gasteiger partial charge on any atom is -0.494 e. The first-order valence-corrected chi connectivity index (χ1v) is 8.46. The third kappa shape index (κ3) is 5.39. The highest BCUT2D eigenvalue weighted by atomic mass is 79.9. The van der Waals surface area contributed by atoms with Crippen LogP contribution in [0.15, 0.2) is 46.9 Å². The Morgan fingerprint density at radius 1 is 1.13 bits per heavy atom. The molecule has 4 heteroatoms. The fraction of sp³-hybridized carbons (Fsp3) is 0.316. The van der Waals surface area contributed by atoms with Crippen molar-refractivity contribution < 1.29 is 14.3 Å². The number of carbonyl (C=O) groups is 1. The van der Waals surface area contributed by atoms with E-state index < -0.39 is 0 Å². The quantitative estimate of drug-likeness (QED) is 0.499. The second-order valence-electron chi connectivity index (χ2n) is 5.85. The molecular weight excluding hydrogens is 356 g/mol. The molecule has 0 saturated heterocycles. The van der Waals surface area contributed by atoms with E-state index in [0.29, 0.717) is 23.8 Å². The molecule has 0 amide bonds. The number of benzene rings is 2. The number of aryl methyl sites for hydroxylation is 1. The van der Waals surface area contributed by atoms with Crippen molar-refractivity contribution in [3.63, 3.8) is 0 Å². The maximum atomic E-state index is 12.2. The molecule has 0 N–H and O–H groups in total. The van der Waals surface area contributed by atoms with Crippen LogP contribution in [0.25, 0.3) is 0 Å². The van der Waals surface area contributed by atoms with E-state index >= 15 is 0 Å². The van der Waals surface area contributed by atoms with Gasteiger partial charge in [0.25, 0.3) is 0 Å². The number of esters is 1. The van der Waals surface area contributed by atoms with Gasteiger partial charge in [0.1, 0.15) is 11.5 Å².